The molecule has 0 saturated carbocycles. The van der Waals surface area contributed by atoms with Gasteiger partial charge < -0.3 is 11.1 Å². The molecule has 11 nitrogen and oxygen atoms in total. The number of sulfonamides is 1. The van der Waals surface area contributed by atoms with Crippen molar-refractivity contribution in [3.8, 4) is 22.9 Å². The normalized spacial score (nSPS) is 12.0. The van der Waals surface area contributed by atoms with Gasteiger partial charge in [0.1, 0.15) is 23.3 Å². The molecule has 4 N–H and O–H groups in total. The first-order chi connectivity index (χ1) is 19.1. The molecule has 12 heteroatoms. The third-order valence-corrected chi connectivity index (χ3v) is 6.71. The largest absolute Gasteiger partial charge is 0.368 e. The molecule has 0 amide bonds. The van der Waals surface area contributed by atoms with Gasteiger partial charge in [-0.1, -0.05) is 42.5 Å². The Bertz CT molecular complexity index is 1930. The molecule has 0 radical (unpaired) electrons. The average molecular weight is 553 g/mol. The van der Waals surface area contributed by atoms with Crippen LogP contribution >= 0.6 is 0 Å². The van der Waals surface area contributed by atoms with Gasteiger partial charge in [0.25, 0.3) is 5.56 Å². The molecular weight excluding hydrogens is 528 g/mol. The van der Waals surface area contributed by atoms with Gasteiger partial charge in [0.05, 0.1) is 35.1 Å². The number of nitrogen functional groups attached to an aromatic ring is 1. The first-order valence-electron chi connectivity index (χ1n) is 12.1. The minimum absolute atomic E-state index is 0.00279. The second-order valence-electron chi connectivity index (χ2n) is 9.07. The van der Waals surface area contributed by atoms with Gasteiger partial charge in [-0.25, -0.2) is 18.4 Å². The third-order valence-electron chi connectivity index (χ3n) is 6.11. The summed E-state index contributed by atoms with van der Waals surface area (Å²) >= 11 is 0. The smallest absolute Gasteiger partial charge is 0.266 e. The van der Waals surface area contributed by atoms with E-state index in [1.807, 2.05) is 49.4 Å². The molecule has 2 aromatic heterocycles. The van der Waals surface area contributed by atoms with E-state index in [0.29, 0.717) is 33.7 Å². The minimum atomic E-state index is -3.43. The number of rotatable bonds is 7. The zero-order valence-electron chi connectivity index (χ0n) is 21.5. The molecule has 1 unspecified atom stereocenters. The maximum absolute atomic E-state index is 14.2. The van der Waals surface area contributed by atoms with Crippen molar-refractivity contribution in [3.05, 3.63) is 101 Å². The SMILES string of the molecule is CC(Nc1nc(N)ncc1C#N)c1nc2cccc(-c3ccc(NS(C)(=O)=O)cc3)c2c(=O)n1-c1ccccc1. The Morgan fingerprint density at radius 3 is 2.40 bits per heavy atom. The van der Waals surface area contributed by atoms with E-state index in [0.717, 1.165) is 11.8 Å². The Morgan fingerprint density at radius 2 is 1.73 bits per heavy atom. The number of para-hydroxylation sites is 1. The first kappa shape index (κ1) is 26.3. The van der Waals surface area contributed by atoms with Crippen molar-refractivity contribution >= 4 is 38.4 Å². The second-order valence-corrected chi connectivity index (χ2v) is 10.8. The predicted molar refractivity (Wildman–Crippen MR) is 154 cm³/mol. The van der Waals surface area contributed by atoms with Crippen LogP contribution in [0.25, 0.3) is 27.7 Å². The summed E-state index contributed by atoms with van der Waals surface area (Å²) < 4.78 is 27.2. The van der Waals surface area contributed by atoms with E-state index in [4.69, 9.17) is 10.7 Å². The van der Waals surface area contributed by atoms with E-state index in [1.165, 1.54) is 10.8 Å². The van der Waals surface area contributed by atoms with Gasteiger partial charge in [0.15, 0.2) is 0 Å². The standard InChI is InChI=1S/C28H24N8O3S/c1-17(32-25-19(15-29)16-31-28(30)34-25)26-33-23-10-6-9-22(18-11-13-20(14-12-18)35-40(2,38)39)24(23)27(37)36(26)21-7-4-3-5-8-21/h3-14,16-17,35H,1-2H3,(H3,30,31,32,34). The lowest BCUT2D eigenvalue weighted by atomic mass is 10.0. The van der Waals surface area contributed by atoms with Gasteiger partial charge in [0.2, 0.25) is 16.0 Å². The summed E-state index contributed by atoms with van der Waals surface area (Å²) in [5, 5.41) is 13.1. The number of benzene rings is 3. The van der Waals surface area contributed by atoms with Gasteiger partial charge in [0, 0.05) is 5.69 Å². The van der Waals surface area contributed by atoms with E-state index in [-0.39, 0.29) is 22.9 Å². The molecule has 0 saturated heterocycles. The lowest BCUT2D eigenvalue weighted by molar-refractivity contribution is 0.607. The molecule has 3 aromatic carbocycles. The summed E-state index contributed by atoms with van der Waals surface area (Å²) in [4.78, 5) is 27.2. The zero-order valence-corrected chi connectivity index (χ0v) is 22.3. The van der Waals surface area contributed by atoms with Crippen LogP contribution < -0.4 is 21.3 Å². The van der Waals surface area contributed by atoms with Crippen molar-refractivity contribution in [3.63, 3.8) is 0 Å². The molecular formula is C28H24N8O3S. The van der Waals surface area contributed by atoms with Crippen LogP contribution in [-0.4, -0.2) is 34.2 Å². The van der Waals surface area contributed by atoms with Crippen LogP contribution in [0, 0.1) is 11.3 Å². The van der Waals surface area contributed by atoms with Crippen LogP contribution in [0.5, 0.6) is 0 Å². The maximum atomic E-state index is 14.2. The Balaban J connectivity index is 1.68. The number of anilines is 3. The molecule has 5 aromatic rings. The number of nitriles is 1. The maximum Gasteiger partial charge on any atom is 0.266 e. The highest BCUT2D eigenvalue weighted by atomic mass is 32.2. The molecule has 1 atom stereocenters. The molecule has 0 fully saturated rings. The lowest BCUT2D eigenvalue weighted by Gasteiger charge is -2.21. The highest BCUT2D eigenvalue weighted by Gasteiger charge is 2.21. The van der Waals surface area contributed by atoms with Crippen molar-refractivity contribution in [1.29, 1.82) is 5.26 Å². The van der Waals surface area contributed by atoms with E-state index < -0.39 is 16.1 Å². The average Bonchev–Trinajstić information content (AvgIpc) is 2.93. The molecule has 0 aliphatic heterocycles. The molecule has 0 aliphatic rings. The van der Waals surface area contributed by atoms with Crippen LogP contribution in [-0.2, 0) is 10.0 Å². The molecule has 5 rings (SSSR count). The van der Waals surface area contributed by atoms with Crippen LogP contribution in [0.2, 0.25) is 0 Å². The fourth-order valence-electron chi connectivity index (χ4n) is 4.39. The topological polar surface area (TPSA) is 169 Å². The Hall–Kier alpha value is -5.28. The van der Waals surface area contributed by atoms with Crippen LogP contribution in [0.4, 0.5) is 17.5 Å². The highest BCUT2D eigenvalue weighted by molar-refractivity contribution is 7.92. The number of nitrogens with zero attached hydrogens (tertiary/aromatic N) is 5. The summed E-state index contributed by atoms with van der Waals surface area (Å²) in [5.41, 5.74) is 8.51. The van der Waals surface area contributed by atoms with E-state index >= 15 is 0 Å². The van der Waals surface area contributed by atoms with Gasteiger partial charge in [-0.2, -0.15) is 10.2 Å². The fraction of sp³-hybridized carbons (Fsp3) is 0.107. The number of fused-ring (bicyclic) bond motifs is 1. The van der Waals surface area contributed by atoms with Gasteiger partial charge in [-0.15, -0.1) is 0 Å². The number of aromatic nitrogens is 4. The van der Waals surface area contributed by atoms with Crippen molar-refractivity contribution in [2.24, 2.45) is 0 Å². The van der Waals surface area contributed by atoms with Gasteiger partial charge in [-0.05, 0) is 48.4 Å². The Kier molecular flexibility index (Phi) is 6.89. The molecule has 40 heavy (non-hydrogen) atoms. The Labute approximate surface area is 230 Å². The minimum Gasteiger partial charge on any atom is -0.368 e. The predicted octanol–water partition coefficient (Wildman–Crippen LogP) is 3.84. The number of nitrogens with one attached hydrogen (secondary N) is 2. The quantitative estimate of drug-likeness (QED) is 0.271. The number of hydrogen-bond acceptors (Lipinski definition) is 9. The molecule has 0 aliphatic carbocycles. The molecule has 0 bridgehead atoms. The van der Waals surface area contributed by atoms with Crippen molar-refractivity contribution in [2.75, 3.05) is 22.0 Å². The molecule has 200 valence electrons. The van der Waals surface area contributed by atoms with Gasteiger partial charge in [-0.3, -0.25) is 14.1 Å². The van der Waals surface area contributed by atoms with E-state index in [9.17, 15) is 18.5 Å². The van der Waals surface area contributed by atoms with Crippen molar-refractivity contribution in [2.45, 2.75) is 13.0 Å². The zero-order chi connectivity index (χ0) is 28.4. The first-order valence-corrected chi connectivity index (χ1v) is 14.0. The monoisotopic (exact) mass is 552 g/mol. The summed E-state index contributed by atoms with van der Waals surface area (Å²) in [6, 6.07) is 22.7. The second kappa shape index (κ2) is 10.5. The summed E-state index contributed by atoms with van der Waals surface area (Å²) in [5.74, 6) is 0.630. The van der Waals surface area contributed by atoms with E-state index in [1.54, 1.807) is 36.4 Å². The highest BCUT2D eigenvalue weighted by Crippen LogP contribution is 2.29. The third kappa shape index (κ3) is 5.31. The number of hydrogen-bond donors (Lipinski definition) is 3. The number of nitrogens with two attached hydrogens (primary N) is 1. The van der Waals surface area contributed by atoms with Crippen LogP contribution in [0.3, 0.4) is 0 Å². The molecule has 2 heterocycles. The Morgan fingerprint density at radius 1 is 1.00 bits per heavy atom. The van der Waals surface area contributed by atoms with E-state index in [2.05, 4.69) is 20.0 Å². The fourth-order valence-corrected chi connectivity index (χ4v) is 4.96. The van der Waals surface area contributed by atoms with Crippen molar-refractivity contribution in [1.82, 2.24) is 19.5 Å². The van der Waals surface area contributed by atoms with Crippen LogP contribution in [0.1, 0.15) is 24.4 Å². The molecule has 0 spiro atoms. The summed E-state index contributed by atoms with van der Waals surface area (Å²) in [7, 11) is -3.43. The summed E-state index contributed by atoms with van der Waals surface area (Å²) in [6.07, 6.45) is 2.41. The van der Waals surface area contributed by atoms with Gasteiger partial charge >= 0.3 is 0 Å². The van der Waals surface area contributed by atoms with Crippen molar-refractivity contribution < 1.29 is 8.42 Å². The lowest BCUT2D eigenvalue weighted by Crippen LogP contribution is -2.28. The summed E-state index contributed by atoms with van der Waals surface area (Å²) in [6.45, 7) is 1.81. The van der Waals surface area contributed by atoms with Crippen LogP contribution in [0.15, 0.2) is 83.8 Å².